The van der Waals surface area contributed by atoms with Crippen molar-refractivity contribution in [2.24, 2.45) is 0 Å². The van der Waals surface area contributed by atoms with Crippen LogP contribution in [-0.4, -0.2) is 44.1 Å². The minimum atomic E-state index is 0.442. The van der Waals surface area contributed by atoms with Crippen LogP contribution >= 0.6 is 23.2 Å². The molecule has 1 rings (SSSR count). The lowest BCUT2D eigenvalue weighted by atomic mass is 10.3. The van der Waals surface area contributed by atoms with E-state index in [9.17, 15) is 0 Å². The standard InChI is InChI=1S/C12H19Cl2N3/c1-16(2)5-4-6-17(3)12-11(14)7-10(8-13)9-15-12/h7,9H,4-6,8H2,1-3H3. The molecule has 5 heteroatoms. The van der Waals surface area contributed by atoms with E-state index in [1.807, 2.05) is 13.1 Å². The molecule has 1 heterocycles. The molecule has 0 radical (unpaired) electrons. The van der Waals surface area contributed by atoms with Crippen LogP contribution in [0.25, 0.3) is 0 Å². The van der Waals surface area contributed by atoms with E-state index in [-0.39, 0.29) is 0 Å². The number of halogens is 2. The van der Waals surface area contributed by atoms with Crippen LogP contribution in [0, 0.1) is 0 Å². The Hall–Kier alpha value is -0.510. The van der Waals surface area contributed by atoms with Gasteiger partial charge in [-0.05, 0) is 38.7 Å². The van der Waals surface area contributed by atoms with Crippen molar-refractivity contribution in [2.75, 3.05) is 39.1 Å². The highest BCUT2D eigenvalue weighted by Gasteiger charge is 2.08. The summed E-state index contributed by atoms with van der Waals surface area (Å²) in [6.45, 7) is 1.99. The SMILES string of the molecule is CN(C)CCCN(C)c1ncc(CCl)cc1Cl. The van der Waals surface area contributed by atoms with Gasteiger partial charge >= 0.3 is 0 Å². The number of rotatable bonds is 6. The van der Waals surface area contributed by atoms with Crippen molar-refractivity contribution < 1.29 is 0 Å². The van der Waals surface area contributed by atoms with Gasteiger partial charge in [0.25, 0.3) is 0 Å². The zero-order valence-corrected chi connectivity index (χ0v) is 12.1. The lowest BCUT2D eigenvalue weighted by Gasteiger charge is -2.20. The fraction of sp³-hybridized carbons (Fsp3) is 0.583. The summed E-state index contributed by atoms with van der Waals surface area (Å²) < 4.78 is 0. The monoisotopic (exact) mass is 275 g/mol. The maximum absolute atomic E-state index is 6.17. The molecule has 0 spiro atoms. The highest BCUT2D eigenvalue weighted by molar-refractivity contribution is 6.33. The quantitative estimate of drug-likeness (QED) is 0.745. The number of anilines is 1. The predicted octanol–water partition coefficient (Wildman–Crippen LogP) is 2.86. The zero-order chi connectivity index (χ0) is 12.8. The van der Waals surface area contributed by atoms with Gasteiger partial charge in [-0.2, -0.15) is 0 Å². The van der Waals surface area contributed by atoms with Crippen molar-refractivity contribution >= 4 is 29.0 Å². The van der Waals surface area contributed by atoms with E-state index < -0.39 is 0 Å². The summed E-state index contributed by atoms with van der Waals surface area (Å²) in [6, 6.07) is 1.87. The fourth-order valence-corrected chi connectivity index (χ4v) is 2.03. The summed E-state index contributed by atoms with van der Waals surface area (Å²) in [7, 11) is 6.14. The first-order chi connectivity index (χ1) is 8.04. The Balaban J connectivity index is 2.59. The lowest BCUT2D eigenvalue weighted by molar-refractivity contribution is 0.401. The third kappa shape index (κ3) is 4.70. The van der Waals surface area contributed by atoms with Crippen LogP contribution < -0.4 is 4.90 Å². The van der Waals surface area contributed by atoms with E-state index in [1.54, 1.807) is 6.20 Å². The molecule has 0 N–H and O–H groups in total. The van der Waals surface area contributed by atoms with Crippen LogP contribution in [0.4, 0.5) is 5.82 Å². The Morgan fingerprint density at radius 1 is 1.24 bits per heavy atom. The van der Waals surface area contributed by atoms with Crippen molar-refractivity contribution in [3.8, 4) is 0 Å². The lowest BCUT2D eigenvalue weighted by Crippen LogP contribution is -2.24. The molecule has 0 saturated carbocycles. The summed E-state index contributed by atoms with van der Waals surface area (Å²) in [5, 5.41) is 0.663. The van der Waals surface area contributed by atoms with Crippen LogP contribution in [0.2, 0.25) is 5.02 Å². The van der Waals surface area contributed by atoms with E-state index in [2.05, 4.69) is 28.9 Å². The van der Waals surface area contributed by atoms with Gasteiger partial charge in [0.1, 0.15) is 5.82 Å². The molecule has 1 aromatic heterocycles. The molecule has 0 aliphatic carbocycles. The number of hydrogen-bond acceptors (Lipinski definition) is 3. The highest BCUT2D eigenvalue weighted by atomic mass is 35.5. The molecule has 3 nitrogen and oxygen atoms in total. The van der Waals surface area contributed by atoms with Crippen molar-refractivity contribution in [3.05, 3.63) is 22.8 Å². The first-order valence-corrected chi connectivity index (χ1v) is 6.52. The van der Waals surface area contributed by atoms with Gasteiger partial charge in [0.2, 0.25) is 0 Å². The van der Waals surface area contributed by atoms with E-state index in [0.717, 1.165) is 30.9 Å². The first kappa shape index (κ1) is 14.6. The Morgan fingerprint density at radius 2 is 1.94 bits per heavy atom. The summed E-state index contributed by atoms with van der Waals surface area (Å²) in [5.74, 6) is 1.26. The Labute approximate surface area is 113 Å². The van der Waals surface area contributed by atoms with Gasteiger partial charge in [-0.1, -0.05) is 11.6 Å². The molecule has 0 aliphatic rings. The second kappa shape index (κ2) is 7.04. The van der Waals surface area contributed by atoms with Crippen molar-refractivity contribution in [2.45, 2.75) is 12.3 Å². The number of alkyl halides is 1. The van der Waals surface area contributed by atoms with Gasteiger partial charge in [-0.15, -0.1) is 11.6 Å². The summed E-state index contributed by atoms with van der Waals surface area (Å²) in [5.41, 5.74) is 0.946. The van der Waals surface area contributed by atoms with Gasteiger partial charge in [0.05, 0.1) is 5.02 Å². The summed E-state index contributed by atoms with van der Waals surface area (Å²) in [4.78, 5) is 8.58. The normalized spacial score (nSPS) is 10.9. The average molecular weight is 276 g/mol. The largest absolute Gasteiger partial charge is 0.358 e. The van der Waals surface area contributed by atoms with Crippen LogP contribution in [0.1, 0.15) is 12.0 Å². The Morgan fingerprint density at radius 3 is 2.47 bits per heavy atom. The van der Waals surface area contributed by atoms with Crippen LogP contribution in [-0.2, 0) is 5.88 Å². The van der Waals surface area contributed by atoms with Crippen LogP contribution in [0.3, 0.4) is 0 Å². The molecule has 96 valence electrons. The van der Waals surface area contributed by atoms with Crippen molar-refractivity contribution in [1.29, 1.82) is 0 Å². The highest BCUT2D eigenvalue weighted by Crippen LogP contribution is 2.23. The van der Waals surface area contributed by atoms with Gasteiger partial charge in [-0.3, -0.25) is 0 Å². The molecule has 0 aliphatic heterocycles. The minimum Gasteiger partial charge on any atom is -0.358 e. The third-order valence-corrected chi connectivity index (χ3v) is 3.08. The third-order valence-electron chi connectivity index (χ3n) is 2.49. The van der Waals surface area contributed by atoms with E-state index >= 15 is 0 Å². The van der Waals surface area contributed by atoms with Gasteiger partial charge in [-0.25, -0.2) is 4.98 Å². The Kier molecular flexibility index (Phi) is 6.03. The van der Waals surface area contributed by atoms with Gasteiger partial charge in [0.15, 0.2) is 0 Å². The molecule has 1 aromatic rings. The van der Waals surface area contributed by atoms with E-state index in [1.165, 1.54) is 0 Å². The average Bonchev–Trinajstić information content (AvgIpc) is 2.28. The molecule has 0 fully saturated rings. The van der Waals surface area contributed by atoms with Crippen molar-refractivity contribution in [3.63, 3.8) is 0 Å². The molecule has 0 bridgehead atoms. The minimum absolute atomic E-state index is 0.442. The second-order valence-corrected chi connectivity index (χ2v) is 5.04. The van der Waals surface area contributed by atoms with E-state index in [0.29, 0.717) is 10.9 Å². The molecular formula is C12H19Cl2N3. The molecule has 0 aromatic carbocycles. The number of nitrogens with zero attached hydrogens (tertiary/aromatic N) is 3. The van der Waals surface area contributed by atoms with Crippen LogP contribution in [0.15, 0.2) is 12.3 Å². The molecule has 0 saturated heterocycles. The summed E-state index contributed by atoms with van der Waals surface area (Å²) in [6.07, 6.45) is 2.86. The molecule has 0 unspecified atom stereocenters. The predicted molar refractivity (Wildman–Crippen MR) is 75.2 cm³/mol. The number of hydrogen-bond donors (Lipinski definition) is 0. The number of aromatic nitrogens is 1. The topological polar surface area (TPSA) is 19.4 Å². The smallest absolute Gasteiger partial charge is 0.147 e. The Bertz CT molecular complexity index is 356. The van der Waals surface area contributed by atoms with Gasteiger partial charge in [0, 0.05) is 25.7 Å². The van der Waals surface area contributed by atoms with Crippen LogP contribution in [0.5, 0.6) is 0 Å². The first-order valence-electron chi connectivity index (χ1n) is 5.61. The second-order valence-electron chi connectivity index (χ2n) is 4.36. The fourth-order valence-electron chi connectivity index (χ4n) is 1.55. The molecular weight excluding hydrogens is 257 g/mol. The molecule has 0 atom stereocenters. The summed E-state index contributed by atoms with van der Waals surface area (Å²) >= 11 is 11.9. The maximum atomic E-state index is 6.17. The van der Waals surface area contributed by atoms with Crippen molar-refractivity contribution in [1.82, 2.24) is 9.88 Å². The zero-order valence-electron chi connectivity index (χ0n) is 10.6. The van der Waals surface area contributed by atoms with Gasteiger partial charge < -0.3 is 9.80 Å². The molecule has 17 heavy (non-hydrogen) atoms. The molecule has 0 amide bonds. The number of pyridine rings is 1. The maximum Gasteiger partial charge on any atom is 0.147 e. The van der Waals surface area contributed by atoms with E-state index in [4.69, 9.17) is 23.2 Å².